The summed E-state index contributed by atoms with van der Waals surface area (Å²) in [5, 5.41) is 6.25. The number of anilines is 1. The maximum atomic E-state index is 11.6. The number of likely N-dealkylation sites (N-methyl/N-ethyl adjacent to an activating group) is 1. The molecule has 0 radical (unpaired) electrons. The van der Waals surface area contributed by atoms with Gasteiger partial charge in [0.2, 0.25) is 5.91 Å². The number of thiazole rings is 1. The first kappa shape index (κ1) is 12.3. The number of rotatable bonds is 4. The zero-order valence-corrected chi connectivity index (χ0v) is 10.9. The number of carbonyl (C=O) groups is 1. The molecule has 0 unspecified atom stereocenters. The topological polar surface area (TPSA) is 54.0 Å². The molecule has 0 saturated heterocycles. The Labute approximate surface area is 108 Å². The number of hydrogen-bond acceptors (Lipinski definition) is 4. The monoisotopic (exact) mass is 269 g/mol. The Hall–Kier alpha value is -1.17. The van der Waals surface area contributed by atoms with Crippen LogP contribution in [-0.2, 0) is 4.79 Å². The zero-order chi connectivity index (χ0) is 12.3. The normalized spacial score (nSPS) is 10.7. The smallest absolute Gasteiger partial charge is 0.238 e. The molecule has 4 nitrogen and oxygen atoms in total. The number of nitrogens with zero attached hydrogens (tertiary/aromatic N) is 1. The van der Waals surface area contributed by atoms with Gasteiger partial charge in [-0.2, -0.15) is 0 Å². The first-order chi connectivity index (χ1) is 8.22. The standard InChI is InChI=1S/C11H12ClN3OS/c1-2-13-5-9(16)15-10-7(12)3-4-8-11(10)14-6-17-8/h3-4,6,13H,2,5H2,1H3,(H,15,16). The van der Waals surface area contributed by atoms with Gasteiger partial charge in [-0.3, -0.25) is 4.79 Å². The van der Waals surface area contributed by atoms with E-state index in [1.165, 1.54) is 11.3 Å². The molecule has 0 aliphatic heterocycles. The molecule has 0 fully saturated rings. The lowest BCUT2D eigenvalue weighted by Crippen LogP contribution is -2.27. The van der Waals surface area contributed by atoms with Crippen molar-refractivity contribution in [1.82, 2.24) is 10.3 Å². The summed E-state index contributed by atoms with van der Waals surface area (Å²) >= 11 is 7.59. The minimum atomic E-state index is -0.116. The minimum absolute atomic E-state index is 0.116. The number of nitrogens with one attached hydrogen (secondary N) is 2. The molecule has 90 valence electrons. The molecule has 0 atom stereocenters. The molecule has 2 N–H and O–H groups in total. The SMILES string of the molecule is CCNCC(=O)Nc1c(Cl)ccc2scnc12. The number of aromatic nitrogens is 1. The van der Waals surface area contributed by atoms with Crippen LogP contribution in [0.2, 0.25) is 5.02 Å². The van der Waals surface area contributed by atoms with Crippen LogP contribution in [0.5, 0.6) is 0 Å². The lowest BCUT2D eigenvalue weighted by molar-refractivity contribution is -0.115. The first-order valence-corrected chi connectivity index (χ1v) is 6.50. The van der Waals surface area contributed by atoms with Gasteiger partial charge in [-0.1, -0.05) is 18.5 Å². The largest absolute Gasteiger partial charge is 0.322 e. The maximum Gasteiger partial charge on any atom is 0.238 e. The summed E-state index contributed by atoms with van der Waals surface area (Å²) in [6.07, 6.45) is 0. The number of halogens is 1. The first-order valence-electron chi connectivity index (χ1n) is 5.24. The highest BCUT2D eigenvalue weighted by molar-refractivity contribution is 7.16. The van der Waals surface area contributed by atoms with Gasteiger partial charge in [0, 0.05) is 0 Å². The van der Waals surface area contributed by atoms with Crippen LogP contribution >= 0.6 is 22.9 Å². The van der Waals surface area contributed by atoms with Gasteiger partial charge in [0.25, 0.3) is 0 Å². The Morgan fingerprint density at radius 2 is 2.35 bits per heavy atom. The number of hydrogen-bond donors (Lipinski definition) is 2. The molecule has 2 rings (SSSR count). The molecule has 0 saturated carbocycles. The Balaban J connectivity index is 2.25. The molecule has 2 aromatic rings. The van der Waals surface area contributed by atoms with Gasteiger partial charge in [-0.05, 0) is 18.7 Å². The average molecular weight is 270 g/mol. The molecule has 1 heterocycles. The maximum absolute atomic E-state index is 11.6. The van der Waals surface area contributed by atoms with Crippen LogP contribution < -0.4 is 10.6 Å². The second-order valence-corrected chi connectivity index (χ2v) is 4.74. The summed E-state index contributed by atoms with van der Waals surface area (Å²) in [7, 11) is 0. The van der Waals surface area contributed by atoms with Crippen molar-refractivity contribution in [1.29, 1.82) is 0 Å². The van der Waals surface area contributed by atoms with E-state index in [-0.39, 0.29) is 12.5 Å². The number of fused-ring (bicyclic) bond motifs is 1. The molecule has 0 aliphatic rings. The Bertz CT molecular complexity index is 540. The molecule has 6 heteroatoms. The number of benzene rings is 1. The van der Waals surface area contributed by atoms with Gasteiger partial charge in [-0.25, -0.2) is 4.98 Å². The van der Waals surface area contributed by atoms with Gasteiger partial charge < -0.3 is 10.6 Å². The van der Waals surface area contributed by atoms with E-state index in [1.54, 1.807) is 11.6 Å². The van der Waals surface area contributed by atoms with Crippen molar-refractivity contribution in [2.24, 2.45) is 0 Å². The van der Waals surface area contributed by atoms with Crippen molar-refractivity contribution in [3.8, 4) is 0 Å². The zero-order valence-electron chi connectivity index (χ0n) is 9.29. The molecule has 1 amide bonds. The fourth-order valence-electron chi connectivity index (χ4n) is 1.45. The van der Waals surface area contributed by atoms with Crippen LogP contribution in [0.1, 0.15) is 6.92 Å². The van der Waals surface area contributed by atoms with Crippen molar-refractivity contribution in [2.75, 3.05) is 18.4 Å². The highest BCUT2D eigenvalue weighted by atomic mass is 35.5. The fourth-order valence-corrected chi connectivity index (χ4v) is 2.33. The van der Waals surface area contributed by atoms with Crippen molar-refractivity contribution < 1.29 is 4.79 Å². The summed E-state index contributed by atoms with van der Waals surface area (Å²) in [5.74, 6) is -0.116. The predicted octanol–water partition coefficient (Wildman–Crippen LogP) is 2.50. The van der Waals surface area contributed by atoms with E-state index in [0.717, 1.165) is 16.8 Å². The van der Waals surface area contributed by atoms with Crippen LogP contribution in [-0.4, -0.2) is 24.0 Å². The van der Waals surface area contributed by atoms with E-state index in [4.69, 9.17) is 11.6 Å². The Morgan fingerprint density at radius 1 is 1.53 bits per heavy atom. The van der Waals surface area contributed by atoms with Gasteiger partial charge in [0.05, 0.1) is 27.5 Å². The molecule has 17 heavy (non-hydrogen) atoms. The fraction of sp³-hybridized carbons (Fsp3) is 0.273. The molecular weight excluding hydrogens is 258 g/mol. The summed E-state index contributed by atoms with van der Waals surface area (Å²) in [6, 6.07) is 3.67. The highest BCUT2D eigenvalue weighted by Gasteiger charge is 2.11. The van der Waals surface area contributed by atoms with E-state index in [2.05, 4.69) is 15.6 Å². The van der Waals surface area contributed by atoms with Crippen molar-refractivity contribution in [3.05, 3.63) is 22.7 Å². The lowest BCUT2D eigenvalue weighted by atomic mass is 10.3. The number of carbonyl (C=O) groups excluding carboxylic acids is 1. The Morgan fingerprint density at radius 3 is 3.12 bits per heavy atom. The van der Waals surface area contributed by atoms with E-state index < -0.39 is 0 Å². The van der Waals surface area contributed by atoms with Crippen molar-refractivity contribution >= 4 is 44.7 Å². The van der Waals surface area contributed by atoms with Crippen LogP contribution in [0.4, 0.5) is 5.69 Å². The lowest BCUT2D eigenvalue weighted by Gasteiger charge is -2.08. The molecule has 0 aliphatic carbocycles. The van der Waals surface area contributed by atoms with Crippen LogP contribution in [0.25, 0.3) is 10.2 Å². The van der Waals surface area contributed by atoms with E-state index in [0.29, 0.717) is 10.7 Å². The second-order valence-electron chi connectivity index (χ2n) is 3.45. The Kier molecular flexibility index (Phi) is 3.93. The third-order valence-electron chi connectivity index (χ3n) is 2.25. The second kappa shape index (κ2) is 5.44. The van der Waals surface area contributed by atoms with E-state index in [9.17, 15) is 4.79 Å². The summed E-state index contributed by atoms with van der Waals surface area (Å²) in [5.41, 5.74) is 3.07. The van der Waals surface area contributed by atoms with Gasteiger partial charge in [0.1, 0.15) is 5.52 Å². The van der Waals surface area contributed by atoms with Gasteiger partial charge in [0.15, 0.2) is 0 Å². The van der Waals surface area contributed by atoms with Crippen LogP contribution in [0.15, 0.2) is 17.6 Å². The molecule has 0 spiro atoms. The molecule has 1 aromatic carbocycles. The average Bonchev–Trinajstić information content (AvgIpc) is 2.78. The van der Waals surface area contributed by atoms with Gasteiger partial charge >= 0.3 is 0 Å². The summed E-state index contributed by atoms with van der Waals surface area (Å²) in [4.78, 5) is 15.8. The van der Waals surface area contributed by atoms with Crippen molar-refractivity contribution in [3.63, 3.8) is 0 Å². The third kappa shape index (κ3) is 2.74. The van der Waals surface area contributed by atoms with E-state index >= 15 is 0 Å². The molecule has 0 bridgehead atoms. The molecular formula is C11H12ClN3OS. The summed E-state index contributed by atoms with van der Waals surface area (Å²) in [6.45, 7) is 2.97. The van der Waals surface area contributed by atoms with Crippen LogP contribution in [0.3, 0.4) is 0 Å². The predicted molar refractivity (Wildman–Crippen MR) is 71.8 cm³/mol. The van der Waals surface area contributed by atoms with Gasteiger partial charge in [-0.15, -0.1) is 11.3 Å². The minimum Gasteiger partial charge on any atom is -0.322 e. The summed E-state index contributed by atoms with van der Waals surface area (Å²) < 4.78 is 1.01. The van der Waals surface area contributed by atoms with E-state index in [1.807, 2.05) is 13.0 Å². The number of amides is 1. The molecule has 1 aromatic heterocycles. The third-order valence-corrected chi connectivity index (χ3v) is 3.36. The quantitative estimate of drug-likeness (QED) is 0.897. The highest BCUT2D eigenvalue weighted by Crippen LogP contribution is 2.32. The van der Waals surface area contributed by atoms with Crippen LogP contribution in [0, 0.1) is 0 Å². The van der Waals surface area contributed by atoms with Crippen molar-refractivity contribution in [2.45, 2.75) is 6.92 Å².